The van der Waals surface area contributed by atoms with Crippen LogP contribution in [0.5, 0.6) is 5.75 Å². The van der Waals surface area contributed by atoms with Crippen LogP contribution in [0, 0.1) is 12.3 Å². The van der Waals surface area contributed by atoms with Crippen molar-refractivity contribution in [3.05, 3.63) is 52.7 Å². The second-order valence-corrected chi connectivity index (χ2v) is 4.43. The maximum atomic E-state index is 9.40. The summed E-state index contributed by atoms with van der Waals surface area (Å²) < 4.78 is 0. The zero-order valence-electron chi connectivity index (χ0n) is 9.99. The van der Waals surface area contributed by atoms with E-state index >= 15 is 0 Å². The second-order valence-electron chi connectivity index (χ2n) is 4.43. The molecule has 0 aromatic heterocycles. The van der Waals surface area contributed by atoms with E-state index in [4.69, 9.17) is 11.1 Å². The number of hydrogen-bond donors (Lipinski definition) is 3. The molecule has 3 nitrogen and oxygen atoms in total. The Morgan fingerprint density at radius 2 is 2.00 bits per heavy atom. The van der Waals surface area contributed by atoms with Gasteiger partial charge in [-0.15, -0.1) is 0 Å². The smallest absolute Gasteiger partial charge is 0.115 e. The number of nitrogens with one attached hydrogen (secondary N) is 1. The third-order valence-corrected chi connectivity index (χ3v) is 3.10. The molecule has 0 aliphatic heterocycles. The van der Waals surface area contributed by atoms with Gasteiger partial charge >= 0.3 is 0 Å². The molecular weight excluding hydrogens is 212 g/mol. The minimum atomic E-state index is 0.00435. The van der Waals surface area contributed by atoms with Crippen LogP contribution in [0.2, 0.25) is 0 Å². The largest absolute Gasteiger partial charge is 0.508 e. The number of aryl methyl sites for hydroxylation is 1. The second kappa shape index (κ2) is 4.09. The van der Waals surface area contributed by atoms with Crippen LogP contribution < -0.4 is 5.73 Å². The SMILES string of the molecule is CC1=CC(c2ccc(O)cc2C)C(N)=CC1=N. The van der Waals surface area contributed by atoms with E-state index in [0.717, 1.165) is 16.7 Å². The summed E-state index contributed by atoms with van der Waals surface area (Å²) in [6, 6.07) is 5.28. The van der Waals surface area contributed by atoms with Crippen LogP contribution in [0.25, 0.3) is 0 Å². The van der Waals surface area contributed by atoms with Gasteiger partial charge in [-0.1, -0.05) is 12.1 Å². The van der Waals surface area contributed by atoms with Crippen LogP contribution in [0.4, 0.5) is 0 Å². The highest BCUT2D eigenvalue weighted by Gasteiger charge is 2.19. The predicted octanol–water partition coefficient (Wildman–Crippen LogP) is 2.61. The summed E-state index contributed by atoms with van der Waals surface area (Å²) in [6.07, 6.45) is 3.70. The van der Waals surface area contributed by atoms with Crippen molar-refractivity contribution in [2.24, 2.45) is 5.73 Å². The van der Waals surface area contributed by atoms with E-state index in [1.807, 2.05) is 26.0 Å². The van der Waals surface area contributed by atoms with E-state index < -0.39 is 0 Å². The highest BCUT2D eigenvalue weighted by atomic mass is 16.3. The third-order valence-electron chi connectivity index (χ3n) is 3.10. The molecule has 0 saturated carbocycles. The van der Waals surface area contributed by atoms with Crippen molar-refractivity contribution in [1.29, 1.82) is 5.41 Å². The lowest BCUT2D eigenvalue weighted by Gasteiger charge is -2.21. The average molecular weight is 228 g/mol. The normalized spacial score (nSPS) is 19.9. The van der Waals surface area contributed by atoms with Gasteiger partial charge in [-0.05, 0) is 48.8 Å². The molecule has 0 amide bonds. The van der Waals surface area contributed by atoms with Gasteiger partial charge in [0.15, 0.2) is 0 Å². The molecule has 0 saturated heterocycles. The topological polar surface area (TPSA) is 70.1 Å². The van der Waals surface area contributed by atoms with Gasteiger partial charge in [0.25, 0.3) is 0 Å². The fourth-order valence-electron chi connectivity index (χ4n) is 2.08. The molecule has 0 radical (unpaired) electrons. The minimum Gasteiger partial charge on any atom is -0.508 e. The molecular formula is C14H16N2O. The summed E-state index contributed by atoms with van der Waals surface area (Å²) in [4.78, 5) is 0. The van der Waals surface area contributed by atoms with Gasteiger partial charge in [0.05, 0.1) is 5.71 Å². The average Bonchev–Trinajstić information content (AvgIpc) is 2.24. The van der Waals surface area contributed by atoms with E-state index in [1.165, 1.54) is 0 Å². The highest BCUT2D eigenvalue weighted by molar-refractivity contribution is 6.07. The monoisotopic (exact) mass is 228 g/mol. The first-order valence-electron chi connectivity index (χ1n) is 5.53. The van der Waals surface area contributed by atoms with Gasteiger partial charge in [0.1, 0.15) is 5.75 Å². The fraction of sp³-hybridized carbons (Fsp3) is 0.214. The van der Waals surface area contributed by atoms with E-state index in [2.05, 4.69) is 0 Å². The number of benzene rings is 1. The lowest BCUT2D eigenvalue weighted by atomic mass is 9.86. The zero-order chi connectivity index (χ0) is 12.6. The maximum absolute atomic E-state index is 9.40. The number of hydrogen-bond acceptors (Lipinski definition) is 3. The van der Waals surface area contributed by atoms with Crippen molar-refractivity contribution in [2.75, 3.05) is 0 Å². The van der Waals surface area contributed by atoms with Crippen molar-refractivity contribution in [3.8, 4) is 5.75 Å². The Balaban J connectivity index is 2.47. The number of phenolic OH excluding ortho intramolecular Hbond substituents is 1. The van der Waals surface area contributed by atoms with Gasteiger partial charge in [0, 0.05) is 11.6 Å². The van der Waals surface area contributed by atoms with Crippen LogP contribution in [0.3, 0.4) is 0 Å². The van der Waals surface area contributed by atoms with E-state index in [0.29, 0.717) is 11.4 Å². The van der Waals surface area contributed by atoms with E-state index in [1.54, 1.807) is 18.2 Å². The highest BCUT2D eigenvalue weighted by Crippen LogP contribution is 2.31. The molecule has 88 valence electrons. The summed E-state index contributed by atoms with van der Waals surface area (Å²) in [7, 11) is 0. The van der Waals surface area contributed by atoms with Crippen LogP contribution in [0.15, 0.2) is 41.6 Å². The summed E-state index contributed by atoms with van der Waals surface area (Å²) in [6.45, 7) is 3.86. The van der Waals surface area contributed by atoms with Gasteiger partial charge in [0.2, 0.25) is 0 Å². The van der Waals surface area contributed by atoms with Gasteiger partial charge in [-0.3, -0.25) is 0 Å². The molecule has 0 spiro atoms. The first kappa shape index (κ1) is 11.5. The minimum absolute atomic E-state index is 0.00435. The Labute approximate surface area is 101 Å². The molecule has 3 heteroatoms. The summed E-state index contributed by atoms with van der Waals surface area (Å²) >= 11 is 0. The van der Waals surface area contributed by atoms with Crippen LogP contribution >= 0.6 is 0 Å². The number of nitrogens with two attached hydrogens (primary N) is 1. The molecule has 0 heterocycles. The lowest BCUT2D eigenvalue weighted by molar-refractivity contribution is 0.474. The molecule has 1 aliphatic rings. The van der Waals surface area contributed by atoms with E-state index in [9.17, 15) is 5.11 Å². The molecule has 2 rings (SSSR count). The van der Waals surface area contributed by atoms with Crippen molar-refractivity contribution in [3.63, 3.8) is 0 Å². The molecule has 17 heavy (non-hydrogen) atoms. The predicted molar refractivity (Wildman–Crippen MR) is 69.3 cm³/mol. The van der Waals surface area contributed by atoms with Gasteiger partial charge < -0.3 is 16.2 Å². The molecule has 1 aromatic rings. The fourth-order valence-corrected chi connectivity index (χ4v) is 2.08. The van der Waals surface area contributed by atoms with Crippen LogP contribution in [0.1, 0.15) is 24.0 Å². The molecule has 0 bridgehead atoms. The molecule has 4 N–H and O–H groups in total. The molecule has 1 unspecified atom stereocenters. The Kier molecular flexibility index (Phi) is 2.76. The maximum Gasteiger partial charge on any atom is 0.115 e. The number of rotatable bonds is 1. The summed E-state index contributed by atoms with van der Waals surface area (Å²) in [5.41, 5.74) is 10.1. The molecule has 1 aliphatic carbocycles. The molecule has 1 atom stereocenters. The zero-order valence-corrected chi connectivity index (χ0v) is 9.99. The van der Waals surface area contributed by atoms with Crippen LogP contribution in [-0.2, 0) is 0 Å². The van der Waals surface area contributed by atoms with Crippen molar-refractivity contribution in [1.82, 2.24) is 0 Å². The van der Waals surface area contributed by atoms with Crippen molar-refractivity contribution >= 4 is 5.71 Å². The lowest BCUT2D eigenvalue weighted by Crippen LogP contribution is -2.17. The molecule has 1 aromatic carbocycles. The third kappa shape index (κ3) is 2.09. The standard InChI is InChI=1S/C14H16N2O/c1-8-5-10(17)3-4-11(8)12-6-9(2)13(15)7-14(12)16/h3-7,12,15,17H,16H2,1-2H3. The summed E-state index contributed by atoms with van der Waals surface area (Å²) in [5, 5.41) is 17.1. The van der Waals surface area contributed by atoms with Crippen molar-refractivity contribution in [2.45, 2.75) is 19.8 Å². The Morgan fingerprint density at radius 3 is 2.65 bits per heavy atom. The van der Waals surface area contributed by atoms with Gasteiger partial charge in [-0.2, -0.15) is 0 Å². The number of allylic oxidation sites excluding steroid dienone is 3. The Bertz CT molecular complexity index is 541. The number of aromatic hydroxyl groups is 1. The first-order chi connectivity index (χ1) is 7.99. The van der Waals surface area contributed by atoms with Gasteiger partial charge in [-0.25, -0.2) is 0 Å². The first-order valence-corrected chi connectivity index (χ1v) is 5.53. The Hall–Kier alpha value is -2.03. The van der Waals surface area contributed by atoms with E-state index in [-0.39, 0.29) is 11.7 Å². The van der Waals surface area contributed by atoms with Crippen LogP contribution in [-0.4, -0.2) is 10.8 Å². The quantitative estimate of drug-likeness (QED) is 0.691. The Morgan fingerprint density at radius 1 is 1.29 bits per heavy atom. The summed E-state index contributed by atoms with van der Waals surface area (Å²) in [5.74, 6) is 0.266. The van der Waals surface area contributed by atoms with Crippen molar-refractivity contribution < 1.29 is 5.11 Å². The number of phenols is 1. The molecule has 0 fully saturated rings.